The molecule has 0 bridgehead atoms. The molecule has 30 heavy (non-hydrogen) atoms. The first kappa shape index (κ1) is 19.8. The molecule has 154 valence electrons. The third-order valence-electron chi connectivity index (χ3n) is 5.46. The van der Waals surface area contributed by atoms with Crippen LogP contribution in [0.4, 0.5) is 10.5 Å². The van der Waals surface area contributed by atoms with E-state index in [4.69, 9.17) is 4.74 Å². The maximum atomic E-state index is 12.4. The molecule has 3 amide bonds. The van der Waals surface area contributed by atoms with Gasteiger partial charge in [0.1, 0.15) is 5.75 Å². The molecule has 1 atom stereocenters. The van der Waals surface area contributed by atoms with Gasteiger partial charge in [-0.05, 0) is 40.6 Å². The summed E-state index contributed by atoms with van der Waals surface area (Å²) in [4.78, 5) is 26.4. The minimum absolute atomic E-state index is 0.0723. The van der Waals surface area contributed by atoms with Crippen molar-refractivity contribution in [3.05, 3.63) is 72.3 Å². The smallest absolute Gasteiger partial charge is 0.315 e. The van der Waals surface area contributed by atoms with E-state index < -0.39 is 0 Å². The van der Waals surface area contributed by atoms with Crippen LogP contribution in [0.5, 0.6) is 5.75 Å². The highest BCUT2D eigenvalue weighted by molar-refractivity contribution is 5.95. The Balaban J connectivity index is 1.28. The van der Waals surface area contributed by atoms with E-state index in [9.17, 15) is 9.59 Å². The summed E-state index contributed by atoms with van der Waals surface area (Å²) in [5.41, 5.74) is 1.92. The summed E-state index contributed by atoms with van der Waals surface area (Å²) in [6, 6.07) is 21.4. The number of carbonyl (C=O) groups is 2. The summed E-state index contributed by atoms with van der Waals surface area (Å²) in [6.45, 7) is 1.50. The topological polar surface area (TPSA) is 70.7 Å². The van der Waals surface area contributed by atoms with Crippen LogP contribution in [0.3, 0.4) is 0 Å². The Morgan fingerprint density at radius 3 is 2.60 bits per heavy atom. The zero-order valence-electron chi connectivity index (χ0n) is 16.9. The van der Waals surface area contributed by atoms with Crippen molar-refractivity contribution in [2.24, 2.45) is 5.92 Å². The average Bonchev–Trinajstić information content (AvgIpc) is 3.16. The van der Waals surface area contributed by atoms with Gasteiger partial charge in [0.05, 0.1) is 7.11 Å². The molecule has 0 aliphatic carbocycles. The quantitative estimate of drug-likeness (QED) is 0.659. The van der Waals surface area contributed by atoms with E-state index in [1.54, 1.807) is 12.0 Å². The van der Waals surface area contributed by atoms with E-state index >= 15 is 0 Å². The van der Waals surface area contributed by atoms with Crippen molar-refractivity contribution in [3.8, 4) is 5.75 Å². The molecule has 3 aromatic rings. The van der Waals surface area contributed by atoms with Gasteiger partial charge in [-0.15, -0.1) is 0 Å². The molecule has 3 aromatic carbocycles. The zero-order valence-corrected chi connectivity index (χ0v) is 16.9. The molecule has 6 nitrogen and oxygen atoms in total. The largest absolute Gasteiger partial charge is 0.497 e. The van der Waals surface area contributed by atoms with Gasteiger partial charge in [0, 0.05) is 37.7 Å². The fraction of sp³-hybridized carbons (Fsp3) is 0.250. The third-order valence-corrected chi connectivity index (χ3v) is 5.46. The molecule has 2 N–H and O–H groups in total. The maximum absolute atomic E-state index is 12.4. The molecule has 1 aliphatic heterocycles. The zero-order chi connectivity index (χ0) is 20.9. The van der Waals surface area contributed by atoms with Crippen molar-refractivity contribution in [1.82, 2.24) is 10.6 Å². The SMILES string of the molecule is COc1ccc(N2CC(CNC(=O)NCc3cccc4ccccc34)CC2=O)cc1. The summed E-state index contributed by atoms with van der Waals surface area (Å²) in [7, 11) is 1.61. The molecular formula is C24H25N3O3. The Labute approximate surface area is 175 Å². The van der Waals surface area contributed by atoms with Crippen molar-refractivity contribution in [1.29, 1.82) is 0 Å². The maximum Gasteiger partial charge on any atom is 0.315 e. The van der Waals surface area contributed by atoms with Gasteiger partial charge in [-0.2, -0.15) is 0 Å². The fourth-order valence-electron chi connectivity index (χ4n) is 3.85. The number of methoxy groups -OCH3 is 1. The molecule has 0 spiro atoms. The highest BCUT2D eigenvalue weighted by atomic mass is 16.5. The van der Waals surface area contributed by atoms with Crippen LogP contribution in [0.15, 0.2) is 66.7 Å². The van der Waals surface area contributed by atoms with Crippen molar-refractivity contribution in [2.75, 3.05) is 25.1 Å². The molecule has 0 saturated carbocycles. The summed E-state index contributed by atoms with van der Waals surface area (Å²) >= 11 is 0. The average molecular weight is 403 g/mol. The number of nitrogens with zero attached hydrogens (tertiary/aromatic N) is 1. The molecule has 0 aromatic heterocycles. The Morgan fingerprint density at radius 1 is 1.03 bits per heavy atom. The third kappa shape index (κ3) is 4.38. The fourth-order valence-corrected chi connectivity index (χ4v) is 3.85. The minimum Gasteiger partial charge on any atom is -0.497 e. The molecule has 1 unspecified atom stereocenters. The Hall–Kier alpha value is -3.54. The van der Waals surface area contributed by atoms with Crippen LogP contribution < -0.4 is 20.3 Å². The molecule has 1 aliphatic rings. The second kappa shape index (κ2) is 8.86. The number of hydrogen-bond acceptors (Lipinski definition) is 3. The van der Waals surface area contributed by atoms with Gasteiger partial charge in [-0.3, -0.25) is 4.79 Å². The van der Waals surface area contributed by atoms with E-state index in [0.29, 0.717) is 26.1 Å². The lowest BCUT2D eigenvalue weighted by Crippen LogP contribution is -2.38. The Morgan fingerprint density at radius 2 is 1.80 bits per heavy atom. The summed E-state index contributed by atoms with van der Waals surface area (Å²) in [5, 5.41) is 8.11. The lowest BCUT2D eigenvalue weighted by atomic mass is 10.0. The van der Waals surface area contributed by atoms with Crippen molar-refractivity contribution in [2.45, 2.75) is 13.0 Å². The standard InChI is InChI=1S/C24H25N3O3/c1-30-21-11-9-20(10-12-21)27-16-17(13-23(27)28)14-25-24(29)26-15-19-7-4-6-18-5-2-3-8-22(18)19/h2-12,17H,13-16H2,1H3,(H2,25,26,29). The summed E-state index contributed by atoms with van der Waals surface area (Å²) in [5.74, 6) is 0.914. The van der Waals surface area contributed by atoms with Gasteiger partial charge in [0.2, 0.25) is 5.91 Å². The number of rotatable bonds is 6. The molecule has 4 rings (SSSR count). The number of anilines is 1. The van der Waals surface area contributed by atoms with Crippen molar-refractivity contribution in [3.63, 3.8) is 0 Å². The van der Waals surface area contributed by atoms with E-state index in [0.717, 1.165) is 27.8 Å². The number of nitrogens with one attached hydrogen (secondary N) is 2. The van der Waals surface area contributed by atoms with E-state index in [1.807, 2.05) is 48.5 Å². The van der Waals surface area contributed by atoms with E-state index in [-0.39, 0.29) is 17.9 Å². The number of fused-ring (bicyclic) bond motifs is 1. The monoisotopic (exact) mass is 403 g/mol. The molecule has 1 heterocycles. The normalized spacial score (nSPS) is 16.0. The molecule has 6 heteroatoms. The van der Waals surface area contributed by atoms with Crippen LogP contribution in [0.2, 0.25) is 0 Å². The molecule has 0 radical (unpaired) electrons. The predicted octanol–water partition coefficient (Wildman–Crippen LogP) is 3.70. The van der Waals surface area contributed by atoms with Gasteiger partial charge in [0.25, 0.3) is 0 Å². The first-order chi connectivity index (χ1) is 14.6. The molecular weight excluding hydrogens is 378 g/mol. The lowest BCUT2D eigenvalue weighted by Gasteiger charge is -2.17. The second-order valence-corrected chi connectivity index (χ2v) is 7.47. The summed E-state index contributed by atoms with van der Waals surface area (Å²) < 4.78 is 5.17. The number of hydrogen-bond donors (Lipinski definition) is 2. The number of benzene rings is 3. The van der Waals surface area contributed by atoms with Crippen LogP contribution in [-0.2, 0) is 11.3 Å². The van der Waals surface area contributed by atoms with Crippen molar-refractivity contribution < 1.29 is 14.3 Å². The van der Waals surface area contributed by atoms with Gasteiger partial charge >= 0.3 is 6.03 Å². The van der Waals surface area contributed by atoms with Crippen LogP contribution in [0.25, 0.3) is 10.8 Å². The number of amides is 3. The van der Waals surface area contributed by atoms with Gasteiger partial charge in [-0.25, -0.2) is 4.79 Å². The highest BCUT2D eigenvalue weighted by Gasteiger charge is 2.30. The number of urea groups is 1. The lowest BCUT2D eigenvalue weighted by molar-refractivity contribution is -0.117. The van der Waals surface area contributed by atoms with Gasteiger partial charge in [0.15, 0.2) is 0 Å². The minimum atomic E-state index is -0.224. The van der Waals surface area contributed by atoms with E-state index in [2.05, 4.69) is 28.8 Å². The molecule has 1 fully saturated rings. The van der Waals surface area contributed by atoms with Crippen LogP contribution in [0, 0.1) is 5.92 Å². The Kier molecular flexibility index (Phi) is 5.84. The van der Waals surface area contributed by atoms with Gasteiger partial charge < -0.3 is 20.3 Å². The second-order valence-electron chi connectivity index (χ2n) is 7.47. The first-order valence-electron chi connectivity index (χ1n) is 10.1. The van der Waals surface area contributed by atoms with Crippen LogP contribution in [0.1, 0.15) is 12.0 Å². The Bertz CT molecular complexity index is 1040. The van der Waals surface area contributed by atoms with Crippen LogP contribution in [-0.4, -0.2) is 32.1 Å². The number of ether oxygens (including phenoxy) is 1. The number of carbonyl (C=O) groups excluding carboxylic acids is 2. The first-order valence-corrected chi connectivity index (χ1v) is 10.1. The van der Waals surface area contributed by atoms with Crippen molar-refractivity contribution >= 4 is 28.4 Å². The molecule has 1 saturated heterocycles. The van der Waals surface area contributed by atoms with E-state index in [1.165, 1.54) is 0 Å². The predicted molar refractivity (Wildman–Crippen MR) is 118 cm³/mol. The highest BCUT2D eigenvalue weighted by Crippen LogP contribution is 2.26. The summed E-state index contributed by atoms with van der Waals surface area (Å²) in [6.07, 6.45) is 0.426. The van der Waals surface area contributed by atoms with Crippen LogP contribution >= 0.6 is 0 Å². The van der Waals surface area contributed by atoms with Gasteiger partial charge in [-0.1, -0.05) is 42.5 Å².